The van der Waals surface area contributed by atoms with Gasteiger partial charge in [-0.3, -0.25) is 10.1 Å². The number of benzene rings is 1. The Kier molecular flexibility index (Phi) is 3.63. The van der Waals surface area contributed by atoms with Crippen LogP contribution in [0.25, 0.3) is 10.9 Å². The van der Waals surface area contributed by atoms with Crippen LogP contribution in [-0.2, 0) is 4.79 Å². The Morgan fingerprint density at radius 1 is 1.26 bits per heavy atom. The van der Waals surface area contributed by atoms with Crippen LogP contribution in [0.3, 0.4) is 0 Å². The van der Waals surface area contributed by atoms with E-state index in [2.05, 4.69) is 4.98 Å². The number of nitro groups is 1. The molecule has 0 fully saturated rings. The topological polar surface area (TPSA) is 116 Å². The number of rotatable bonds is 5. The van der Waals surface area contributed by atoms with E-state index >= 15 is 0 Å². The molecule has 0 saturated carbocycles. The molecule has 3 rings (SSSR count). The molecule has 8 nitrogen and oxygen atoms in total. The summed E-state index contributed by atoms with van der Waals surface area (Å²) in [5.74, 6) is -1.78. The highest BCUT2D eigenvalue weighted by molar-refractivity contribution is 5.79. The summed E-state index contributed by atoms with van der Waals surface area (Å²) in [4.78, 5) is 25.8. The fourth-order valence-corrected chi connectivity index (χ4v) is 2.11. The third kappa shape index (κ3) is 2.82. The van der Waals surface area contributed by atoms with Crippen LogP contribution < -0.4 is 4.74 Å². The molecule has 2 aromatic heterocycles. The molecule has 0 radical (unpaired) electrons. The molecule has 1 N–H and O–H groups in total. The predicted octanol–water partition coefficient (Wildman–Crippen LogP) is 2.94. The first-order chi connectivity index (χ1) is 11.1. The molecule has 116 valence electrons. The van der Waals surface area contributed by atoms with Crippen molar-refractivity contribution in [2.24, 2.45) is 0 Å². The average Bonchev–Trinajstić information content (AvgIpc) is 3.01. The van der Waals surface area contributed by atoms with Gasteiger partial charge in [0.2, 0.25) is 11.6 Å². The molecule has 2 heterocycles. The first-order valence-corrected chi connectivity index (χ1v) is 6.53. The minimum Gasteiger partial charge on any atom is -0.478 e. The van der Waals surface area contributed by atoms with Crippen LogP contribution in [0.15, 0.2) is 53.1 Å². The molecular formula is C15H10N2O6. The van der Waals surface area contributed by atoms with Crippen LogP contribution in [0.4, 0.5) is 5.69 Å². The summed E-state index contributed by atoms with van der Waals surface area (Å²) in [5, 5.41) is 21.1. The molecule has 0 amide bonds. The number of para-hydroxylation sites is 1. The summed E-state index contributed by atoms with van der Waals surface area (Å²) in [6, 6.07) is 11.5. The van der Waals surface area contributed by atoms with Gasteiger partial charge < -0.3 is 14.3 Å². The lowest BCUT2D eigenvalue weighted by Gasteiger charge is -2.12. The SMILES string of the molecule is O=C(O)C(Oc1ccc2ccccc2n1)c1occc1[N+](=O)[O-]. The van der Waals surface area contributed by atoms with E-state index in [1.165, 1.54) is 6.07 Å². The zero-order chi connectivity index (χ0) is 16.4. The molecule has 3 aromatic rings. The Bertz CT molecular complexity index is 888. The van der Waals surface area contributed by atoms with Crippen molar-refractivity contribution in [3.8, 4) is 5.88 Å². The molecule has 1 unspecified atom stereocenters. The van der Waals surface area contributed by atoms with E-state index in [1.54, 1.807) is 18.2 Å². The van der Waals surface area contributed by atoms with Gasteiger partial charge in [-0.05, 0) is 12.1 Å². The number of aliphatic carboxylic acids is 1. The molecule has 0 aliphatic carbocycles. The highest BCUT2D eigenvalue weighted by atomic mass is 16.6. The maximum atomic E-state index is 11.4. The second-order valence-corrected chi connectivity index (χ2v) is 4.61. The van der Waals surface area contributed by atoms with Crippen LogP contribution in [0.2, 0.25) is 0 Å². The summed E-state index contributed by atoms with van der Waals surface area (Å²) in [5.41, 5.74) is 0.154. The van der Waals surface area contributed by atoms with Crippen LogP contribution in [0, 0.1) is 10.1 Å². The largest absolute Gasteiger partial charge is 0.478 e. The molecule has 1 aromatic carbocycles. The highest BCUT2D eigenvalue weighted by Crippen LogP contribution is 2.30. The van der Waals surface area contributed by atoms with Gasteiger partial charge in [-0.1, -0.05) is 18.2 Å². The number of nitrogens with zero attached hydrogens (tertiary/aromatic N) is 2. The minimum atomic E-state index is -1.67. The van der Waals surface area contributed by atoms with E-state index in [0.717, 1.165) is 17.7 Å². The first kappa shape index (κ1) is 14.5. The molecular weight excluding hydrogens is 304 g/mol. The predicted molar refractivity (Wildman–Crippen MR) is 78.1 cm³/mol. The fraction of sp³-hybridized carbons (Fsp3) is 0.0667. The number of ether oxygens (including phenoxy) is 1. The van der Waals surface area contributed by atoms with E-state index in [1.807, 2.05) is 12.1 Å². The fourth-order valence-electron chi connectivity index (χ4n) is 2.11. The van der Waals surface area contributed by atoms with Crippen molar-refractivity contribution in [3.63, 3.8) is 0 Å². The van der Waals surface area contributed by atoms with Crippen LogP contribution in [0.5, 0.6) is 5.88 Å². The molecule has 1 atom stereocenters. The second kappa shape index (κ2) is 5.76. The second-order valence-electron chi connectivity index (χ2n) is 4.61. The van der Waals surface area contributed by atoms with Gasteiger partial charge >= 0.3 is 11.7 Å². The molecule has 0 spiro atoms. The maximum Gasteiger partial charge on any atom is 0.353 e. The smallest absolute Gasteiger partial charge is 0.353 e. The van der Waals surface area contributed by atoms with Crippen molar-refractivity contribution < 1.29 is 24.0 Å². The van der Waals surface area contributed by atoms with Gasteiger partial charge in [0.25, 0.3) is 6.10 Å². The number of carbonyl (C=O) groups is 1. The number of carboxylic acids is 1. The number of furan rings is 1. The van der Waals surface area contributed by atoms with Crippen LogP contribution in [0.1, 0.15) is 11.9 Å². The summed E-state index contributed by atoms with van der Waals surface area (Å²) < 4.78 is 10.2. The van der Waals surface area contributed by atoms with E-state index in [4.69, 9.17) is 9.15 Å². The van der Waals surface area contributed by atoms with Crippen LogP contribution >= 0.6 is 0 Å². The molecule has 0 saturated heterocycles. The van der Waals surface area contributed by atoms with Crippen molar-refractivity contribution in [1.82, 2.24) is 4.98 Å². The van der Waals surface area contributed by atoms with Gasteiger partial charge in [-0.15, -0.1) is 0 Å². The number of fused-ring (bicyclic) bond motifs is 1. The van der Waals surface area contributed by atoms with Crippen molar-refractivity contribution >= 4 is 22.6 Å². The summed E-state index contributed by atoms with van der Waals surface area (Å²) in [7, 11) is 0. The number of hydrogen-bond acceptors (Lipinski definition) is 6. The highest BCUT2D eigenvalue weighted by Gasteiger charge is 2.34. The lowest BCUT2D eigenvalue weighted by atomic mass is 10.2. The number of pyridine rings is 1. The van der Waals surface area contributed by atoms with Gasteiger partial charge in [0.15, 0.2) is 0 Å². The summed E-state index contributed by atoms with van der Waals surface area (Å²) >= 11 is 0. The van der Waals surface area contributed by atoms with Gasteiger partial charge in [0.1, 0.15) is 0 Å². The van der Waals surface area contributed by atoms with E-state index in [9.17, 15) is 20.0 Å². The van der Waals surface area contributed by atoms with Crippen molar-refractivity contribution in [2.45, 2.75) is 6.10 Å². The zero-order valence-corrected chi connectivity index (χ0v) is 11.6. The standard InChI is InChI=1S/C15H10N2O6/c18-15(19)14(13-11(17(20)21)7-8-22-13)23-12-6-5-9-3-1-2-4-10(9)16-12/h1-8,14H,(H,18,19). The van der Waals surface area contributed by atoms with Gasteiger partial charge in [0, 0.05) is 11.5 Å². The maximum absolute atomic E-state index is 11.4. The third-order valence-corrected chi connectivity index (χ3v) is 3.14. The minimum absolute atomic E-state index is 0.0294. The van der Waals surface area contributed by atoms with Crippen molar-refractivity contribution in [2.75, 3.05) is 0 Å². The van der Waals surface area contributed by atoms with Crippen molar-refractivity contribution in [1.29, 1.82) is 0 Å². The van der Waals surface area contributed by atoms with E-state index in [0.29, 0.717) is 5.52 Å². The Morgan fingerprint density at radius 3 is 2.78 bits per heavy atom. The number of carboxylic acid groups (broad SMARTS) is 1. The average molecular weight is 314 g/mol. The number of hydrogen-bond donors (Lipinski definition) is 1. The molecule has 0 bridgehead atoms. The lowest BCUT2D eigenvalue weighted by molar-refractivity contribution is -0.386. The molecule has 0 aliphatic rings. The van der Waals surface area contributed by atoms with Gasteiger partial charge in [-0.2, -0.15) is 0 Å². The first-order valence-electron chi connectivity index (χ1n) is 6.53. The Morgan fingerprint density at radius 2 is 2.04 bits per heavy atom. The lowest BCUT2D eigenvalue weighted by Crippen LogP contribution is -2.19. The van der Waals surface area contributed by atoms with E-state index < -0.39 is 28.4 Å². The Balaban J connectivity index is 1.97. The molecule has 8 heteroatoms. The summed E-state index contributed by atoms with van der Waals surface area (Å²) in [6.45, 7) is 0. The monoisotopic (exact) mass is 314 g/mol. The molecule has 0 aliphatic heterocycles. The quantitative estimate of drug-likeness (QED) is 0.568. The van der Waals surface area contributed by atoms with Gasteiger partial charge in [-0.25, -0.2) is 9.78 Å². The molecule has 23 heavy (non-hydrogen) atoms. The van der Waals surface area contributed by atoms with E-state index in [-0.39, 0.29) is 5.88 Å². The third-order valence-electron chi connectivity index (χ3n) is 3.14. The van der Waals surface area contributed by atoms with Gasteiger partial charge in [0.05, 0.1) is 22.8 Å². The van der Waals surface area contributed by atoms with Crippen LogP contribution in [-0.4, -0.2) is 21.0 Å². The normalized spacial score (nSPS) is 12.0. The zero-order valence-electron chi connectivity index (χ0n) is 11.6. The number of aromatic nitrogens is 1. The summed E-state index contributed by atoms with van der Waals surface area (Å²) in [6.07, 6.45) is -0.625. The Labute approximate surface area is 129 Å². The van der Waals surface area contributed by atoms with Crippen molar-refractivity contribution in [3.05, 3.63) is 64.6 Å². The Hall–Kier alpha value is -3.42.